The molecule has 1 N–H and O–H groups in total. The van der Waals surface area contributed by atoms with Crippen LogP contribution in [0.15, 0.2) is 40.2 Å². The van der Waals surface area contributed by atoms with Crippen molar-refractivity contribution in [1.29, 1.82) is 0 Å². The average molecular weight is 601 g/mol. The number of thiophene rings is 1. The topological polar surface area (TPSA) is 149 Å². The standard InChI is InChI=1S/C27H29FN6O7S/c1-15-21-22(36)33(27(2)8-7-20(35)31-25(27)37)26(38)32(24(21)42-23(15)34-29-9-10-30-34)14-19(41-12-11-39-3)17-13-16(28)5-6-18(17)40-4/h5-6,9-10,13,19H,7-8,11-12,14H2,1-4H3,(H,31,35,37)/t19-,27+/m0/s1. The van der Waals surface area contributed by atoms with Gasteiger partial charge in [-0.05, 0) is 38.5 Å². The third-order valence-electron chi connectivity index (χ3n) is 7.36. The van der Waals surface area contributed by atoms with Crippen LogP contribution in [0.3, 0.4) is 0 Å². The fraction of sp³-hybridized carbons (Fsp3) is 0.407. The number of nitrogens with zero attached hydrogens (tertiary/aromatic N) is 5. The normalized spacial score (nSPS) is 17.9. The molecule has 1 fully saturated rings. The Bertz CT molecular complexity index is 1780. The van der Waals surface area contributed by atoms with Crippen molar-refractivity contribution in [2.24, 2.45) is 0 Å². The van der Waals surface area contributed by atoms with Gasteiger partial charge < -0.3 is 14.2 Å². The Morgan fingerprint density at radius 3 is 2.55 bits per heavy atom. The van der Waals surface area contributed by atoms with Crippen molar-refractivity contribution in [1.82, 2.24) is 29.4 Å². The first-order valence-electron chi connectivity index (χ1n) is 13.0. The SMILES string of the molecule is COCCO[C@@H](Cn1c(=O)n([C@]2(C)CCC(=O)NC2=O)c(=O)c2c(C)c(-n3nccn3)sc21)c1cc(F)ccc1OC. The largest absolute Gasteiger partial charge is 0.496 e. The van der Waals surface area contributed by atoms with E-state index in [-0.39, 0.29) is 42.8 Å². The molecule has 4 aromatic rings. The van der Waals surface area contributed by atoms with Crippen LogP contribution >= 0.6 is 11.3 Å². The quantitative estimate of drug-likeness (QED) is 0.213. The molecule has 3 aromatic heterocycles. The minimum atomic E-state index is -1.65. The summed E-state index contributed by atoms with van der Waals surface area (Å²) < 4.78 is 33.4. The number of nitrogens with one attached hydrogen (secondary N) is 1. The van der Waals surface area contributed by atoms with E-state index in [1.807, 2.05) is 0 Å². The maximum atomic E-state index is 14.5. The molecule has 2 atom stereocenters. The zero-order valence-corrected chi connectivity index (χ0v) is 24.2. The van der Waals surface area contributed by atoms with Gasteiger partial charge in [-0.2, -0.15) is 10.2 Å². The number of hydrogen-bond acceptors (Lipinski definition) is 10. The number of imide groups is 1. The van der Waals surface area contributed by atoms with Gasteiger partial charge in [-0.3, -0.25) is 24.3 Å². The lowest BCUT2D eigenvalue weighted by molar-refractivity contribution is -0.140. The predicted molar refractivity (Wildman–Crippen MR) is 150 cm³/mol. The number of aryl methyl sites for hydroxylation is 1. The molecule has 0 radical (unpaired) electrons. The summed E-state index contributed by atoms with van der Waals surface area (Å²) in [4.78, 5) is 55.1. The fourth-order valence-electron chi connectivity index (χ4n) is 5.09. The fourth-order valence-corrected chi connectivity index (χ4v) is 6.31. The molecule has 0 aliphatic carbocycles. The minimum Gasteiger partial charge on any atom is -0.496 e. The molecule has 222 valence electrons. The van der Waals surface area contributed by atoms with Crippen LogP contribution < -0.4 is 21.3 Å². The first kappa shape index (κ1) is 29.3. The van der Waals surface area contributed by atoms with Crippen LogP contribution in [0.1, 0.15) is 37.0 Å². The molecule has 0 spiro atoms. The van der Waals surface area contributed by atoms with Crippen LogP contribution in [-0.2, 0) is 31.1 Å². The highest BCUT2D eigenvalue weighted by Crippen LogP contribution is 2.35. The smallest absolute Gasteiger partial charge is 0.333 e. The van der Waals surface area contributed by atoms with Gasteiger partial charge in [0.1, 0.15) is 33.0 Å². The van der Waals surface area contributed by atoms with Gasteiger partial charge in [-0.15, -0.1) is 4.80 Å². The van der Waals surface area contributed by atoms with Crippen molar-refractivity contribution < 1.29 is 28.2 Å². The Morgan fingerprint density at radius 2 is 1.88 bits per heavy atom. The summed E-state index contributed by atoms with van der Waals surface area (Å²) in [6, 6.07) is 3.96. The summed E-state index contributed by atoms with van der Waals surface area (Å²) in [5, 5.41) is 11.3. The van der Waals surface area contributed by atoms with Crippen molar-refractivity contribution in [3.05, 3.63) is 68.4 Å². The zero-order valence-electron chi connectivity index (χ0n) is 23.4. The third-order valence-corrected chi connectivity index (χ3v) is 8.64. The van der Waals surface area contributed by atoms with Crippen molar-refractivity contribution in [3.8, 4) is 10.8 Å². The maximum Gasteiger partial charge on any atom is 0.333 e. The van der Waals surface area contributed by atoms with Crippen LogP contribution in [0.25, 0.3) is 15.2 Å². The van der Waals surface area contributed by atoms with E-state index in [0.29, 0.717) is 21.9 Å². The Labute approximate surface area is 242 Å². The molecule has 42 heavy (non-hydrogen) atoms. The highest BCUT2D eigenvalue weighted by molar-refractivity contribution is 7.21. The number of methoxy groups -OCH3 is 2. The van der Waals surface area contributed by atoms with Gasteiger partial charge in [0.2, 0.25) is 5.91 Å². The van der Waals surface area contributed by atoms with E-state index in [2.05, 4.69) is 15.5 Å². The van der Waals surface area contributed by atoms with Crippen LogP contribution in [0, 0.1) is 12.7 Å². The van der Waals surface area contributed by atoms with E-state index < -0.39 is 40.5 Å². The minimum absolute atomic E-state index is 0.0550. The lowest BCUT2D eigenvalue weighted by Gasteiger charge is -2.33. The number of hydrogen-bond donors (Lipinski definition) is 1. The Morgan fingerprint density at radius 1 is 1.14 bits per heavy atom. The lowest BCUT2D eigenvalue weighted by Crippen LogP contribution is -2.60. The molecule has 1 aliphatic rings. The number of rotatable bonds is 10. The van der Waals surface area contributed by atoms with E-state index in [1.165, 1.54) is 61.1 Å². The Balaban J connectivity index is 1.78. The van der Waals surface area contributed by atoms with E-state index in [0.717, 1.165) is 15.9 Å². The van der Waals surface area contributed by atoms with E-state index in [4.69, 9.17) is 14.2 Å². The summed E-state index contributed by atoms with van der Waals surface area (Å²) in [7, 11) is 2.94. The third kappa shape index (κ3) is 5.03. The number of fused-ring (bicyclic) bond motifs is 1. The van der Waals surface area contributed by atoms with Gasteiger partial charge in [0.25, 0.3) is 11.5 Å². The highest BCUT2D eigenvalue weighted by atomic mass is 32.1. The van der Waals surface area contributed by atoms with Crippen molar-refractivity contribution in [2.75, 3.05) is 27.4 Å². The molecule has 0 unspecified atom stereocenters. The average Bonchev–Trinajstić information content (AvgIpc) is 3.61. The van der Waals surface area contributed by atoms with Gasteiger partial charge >= 0.3 is 5.69 Å². The van der Waals surface area contributed by atoms with Gasteiger partial charge in [-0.25, -0.2) is 13.8 Å². The molecule has 13 nitrogen and oxygen atoms in total. The number of carbonyl (C=O) groups excluding carboxylic acids is 2. The molecule has 4 heterocycles. The second-order valence-corrected chi connectivity index (χ2v) is 10.9. The van der Waals surface area contributed by atoms with Crippen LogP contribution in [0.2, 0.25) is 0 Å². The first-order valence-corrected chi connectivity index (χ1v) is 13.9. The van der Waals surface area contributed by atoms with Crippen molar-refractivity contribution in [2.45, 2.75) is 44.9 Å². The van der Waals surface area contributed by atoms with Gasteiger partial charge in [-0.1, -0.05) is 11.3 Å². The van der Waals surface area contributed by atoms with Crippen molar-refractivity contribution >= 4 is 33.4 Å². The highest BCUT2D eigenvalue weighted by Gasteiger charge is 2.43. The molecule has 0 bridgehead atoms. The number of piperidine rings is 1. The summed E-state index contributed by atoms with van der Waals surface area (Å²) in [6.07, 6.45) is 1.92. The summed E-state index contributed by atoms with van der Waals surface area (Å²) >= 11 is 1.12. The number of amides is 2. The molecular formula is C27H29FN6O7S. The van der Waals surface area contributed by atoms with E-state index >= 15 is 0 Å². The van der Waals surface area contributed by atoms with Crippen LogP contribution in [0.5, 0.6) is 5.75 Å². The molecular weight excluding hydrogens is 571 g/mol. The molecule has 15 heteroatoms. The number of halogens is 1. The second kappa shape index (κ2) is 11.6. The predicted octanol–water partition coefficient (Wildman–Crippen LogP) is 1.82. The molecule has 1 aromatic carbocycles. The monoisotopic (exact) mass is 600 g/mol. The number of carbonyl (C=O) groups is 2. The van der Waals surface area contributed by atoms with Crippen LogP contribution in [0.4, 0.5) is 4.39 Å². The lowest BCUT2D eigenvalue weighted by atomic mass is 9.90. The molecule has 0 saturated carbocycles. The molecule has 2 amide bonds. The Hall–Kier alpha value is -4.21. The number of ether oxygens (including phenoxy) is 3. The zero-order chi connectivity index (χ0) is 30.2. The molecule has 1 aliphatic heterocycles. The molecule has 1 saturated heterocycles. The van der Waals surface area contributed by atoms with Gasteiger partial charge in [0.05, 0.1) is 44.6 Å². The second-order valence-electron chi connectivity index (χ2n) is 9.95. The van der Waals surface area contributed by atoms with Crippen LogP contribution in [-0.4, -0.2) is 63.4 Å². The summed E-state index contributed by atoms with van der Waals surface area (Å²) in [6.45, 7) is 3.30. The summed E-state index contributed by atoms with van der Waals surface area (Å²) in [5.41, 5.74) is -2.31. The summed E-state index contributed by atoms with van der Waals surface area (Å²) in [5.74, 6) is -1.46. The van der Waals surface area contributed by atoms with Gasteiger partial charge in [0, 0.05) is 24.7 Å². The Kier molecular flexibility index (Phi) is 8.08. The number of benzene rings is 1. The number of aromatic nitrogens is 5. The van der Waals surface area contributed by atoms with E-state index in [9.17, 15) is 23.6 Å². The maximum absolute atomic E-state index is 14.5. The molecule has 5 rings (SSSR count). The van der Waals surface area contributed by atoms with E-state index in [1.54, 1.807) is 6.92 Å². The first-order chi connectivity index (χ1) is 20.1. The van der Waals surface area contributed by atoms with Gasteiger partial charge in [0.15, 0.2) is 0 Å². The van der Waals surface area contributed by atoms with Crippen molar-refractivity contribution in [3.63, 3.8) is 0 Å².